The van der Waals surface area contributed by atoms with E-state index >= 15 is 0 Å². The third kappa shape index (κ3) is 26.5. The number of rotatable bonds is 36. The van der Waals surface area contributed by atoms with Crippen molar-refractivity contribution in [3.05, 3.63) is 35.4 Å². The molecule has 1 aromatic carbocycles. The third-order valence-electron chi connectivity index (χ3n) is 11.8. The second kappa shape index (κ2) is 34.9. The van der Waals surface area contributed by atoms with E-state index in [1.807, 2.05) is 41.5 Å². The van der Waals surface area contributed by atoms with Crippen LogP contribution in [0.5, 0.6) is 0 Å². The van der Waals surface area contributed by atoms with Crippen LogP contribution in [0.25, 0.3) is 0 Å². The fourth-order valence-corrected chi connectivity index (χ4v) is 7.90. The fourth-order valence-electron chi connectivity index (χ4n) is 7.90. The van der Waals surface area contributed by atoms with Crippen molar-refractivity contribution in [3.63, 3.8) is 0 Å². The summed E-state index contributed by atoms with van der Waals surface area (Å²) in [5, 5.41) is 29.9. The lowest BCUT2D eigenvalue weighted by Gasteiger charge is -2.29. The van der Waals surface area contributed by atoms with Crippen molar-refractivity contribution >= 4 is 59.1 Å². The molecule has 0 aliphatic carbocycles. The molecule has 0 fully saturated rings. The summed E-state index contributed by atoms with van der Waals surface area (Å²) in [6, 6.07) is -0.925. The summed E-state index contributed by atoms with van der Waals surface area (Å²) >= 11 is 0. The van der Waals surface area contributed by atoms with E-state index in [2.05, 4.69) is 47.5 Å². The van der Waals surface area contributed by atoms with E-state index < -0.39 is 95.5 Å². The molecule has 0 bridgehead atoms. The molecule has 23 nitrogen and oxygen atoms in total. The number of nitrogen functional groups attached to an aromatic ring is 1. The number of nitrogens with zero attached hydrogens (tertiary/aromatic N) is 1. The van der Waals surface area contributed by atoms with Crippen LogP contribution in [0.2, 0.25) is 0 Å². The van der Waals surface area contributed by atoms with Gasteiger partial charge in [-0.05, 0) is 113 Å². The van der Waals surface area contributed by atoms with Crippen LogP contribution in [0.4, 0.5) is 0 Å². The first kappa shape index (κ1) is 65.7. The van der Waals surface area contributed by atoms with Gasteiger partial charge in [0, 0.05) is 25.6 Å². The number of nitrogens with one attached hydrogen (secondary N) is 9. The van der Waals surface area contributed by atoms with E-state index in [9.17, 15) is 38.4 Å². The molecule has 0 aliphatic rings. The van der Waals surface area contributed by atoms with Crippen LogP contribution in [-0.2, 0) is 44.9 Å². The SMILES string of the molecule is CC(=O)N[C@@H](CC(C)C)C(=O)N[C@@H](CCCCN)C(=O)N[C@@H](CC(C)C)C(=O)N[C@@H](CC(C)C)C(=O)N[C@@H](CCCN=C(N)N)C(=O)N[C@H](C(=O)N[C@@H](CCCCN)C(=O)NCc1ccc(C(=N)N)cc1)C(C)C. The van der Waals surface area contributed by atoms with Crippen molar-refractivity contribution in [3.8, 4) is 0 Å². The molecule has 0 heterocycles. The van der Waals surface area contributed by atoms with Crippen molar-refractivity contribution in [2.45, 2.75) is 182 Å². The summed E-state index contributed by atoms with van der Waals surface area (Å²) in [6.45, 7) is 16.9. The first-order valence-corrected chi connectivity index (χ1v) is 26.1. The Kier molecular flexibility index (Phi) is 31.0. The molecule has 23 heteroatoms. The summed E-state index contributed by atoms with van der Waals surface area (Å²) < 4.78 is 0. The van der Waals surface area contributed by atoms with E-state index in [-0.39, 0.29) is 81.2 Å². The highest BCUT2D eigenvalue weighted by Crippen LogP contribution is 2.14. The monoisotopic (exact) mass is 1040 g/mol. The highest BCUT2D eigenvalue weighted by atomic mass is 16.2. The topological polar surface area (TPSA) is 399 Å². The number of aliphatic imine (C=N–C) groups is 1. The molecule has 0 saturated carbocycles. The maximum atomic E-state index is 14.3. The van der Waals surface area contributed by atoms with E-state index in [4.69, 9.17) is 34.1 Å². The van der Waals surface area contributed by atoms with E-state index in [0.717, 1.165) is 5.56 Å². The van der Waals surface area contributed by atoms with Gasteiger partial charge in [0.15, 0.2) is 5.96 Å². The Bertz CT molecular complexity index is 1990. The first-order valence-electron chi connectivity index (χ1n) is 26.1. The minimum Gasteiger partial charge on any atom is -0.384 e. The molecule has 0 spiro atoms. The lowest BCUT2D eigenvalue weighted by molar-refractivity contribution is -0.136. The maximum absolute atomic E-state index is 14.3. The number of nitrogens with two attached hydrogens (primary N) is 5. The molecule has 0 saturated heterocycles. The quantitative estimate of drug-likeness (QED) is 0.0241. The van der Waals surface area contributed by atoms with Gasteiger partial charge in [-0.3, -0.25) is 48.8 Å². The molecule has 19 N–H and O–H groups in total. The van der Waals surface area contributed by atoms with Crippen LogP contribution >= 0.6 is 0 Å². The van der Waals surface area contributed by atoms with E-state index in [1.54, 1.807) is 38.1 Å². The second-order valence-corrected chi connectivity index (χ2v) is 20.5. The van der Waals surface area contributed by atoms with Gasteiger partial charge in [-0.1, -0.05) is 79.7 Å². The number of amidine groups is 1. The highest BCUT2D eigenvalue weighted by molar-refractivity contribution is 5.98. The van der Waals surface area contributed by atoms with Gasteiger partial charge in [0.1, 0.15) is 48.1 Å². The van der Waals surface area contributed by atoms with Gasteiger partial charge in [0.05, 0.1) is 0 Å². The molecule has 7 atom stereocenters. The Hall–Kier alpha value is -6.36. The van der Waals surface area contributed by atoms with Gasteiger partial charge in [-0.2, -0.15) is 0 Å². The number of guanidine groups is 1. The Labute approximate surface area is 438 Å². The Morgan fingerprint density at radius 3 is 1.27 bits per heavy atom. The van der Waals surface area contributed by atoms with E-state index in [1.165, 1.54) is 6.92 Å². The summed E-state index contributed by atoms with van der Waals surface area (Å²) in [5.74, 6) is -5.72. The summed E-state index contributed by atoms with van der Waals surface area (Å²) in [7, 11) is 0. The molecule has 1 aromatic rings. The molecule has 0 aromatic heterocycles. The minimum atomic E-state index is -1.25. The average Bonchev–Trinajstić information content (AvgIpc) is 3.31. The number of unbranched alkanes of at least 4 members (excludes halogenated alkanes) is 2. The lowest BCUT2D eigenvalue weighted by Crippen LogP contribution is -2.60. The summed E-state index contributed by atoms with van der Waals surface area (Å²) in [5.41, 5.74) is 29.4. The predicted molar refractivity (Wildman–Crippen MR) is 287 cm³/mol. The zero-order valence-corrected chi connectivity index (χ0v) is 45.4. The number of carbonyl (C=O) groups is 8. The van der Waals surface area contributed by atoms with Gasteiger partial charge < -0.3 is 71.2 Å². The van der Waals surface area contributed by atoms with Crippen LogP contribution in [0.3, 0.4) is 0 Å². The fraction of sp³-hybridized carbons (Fsp3) is 0.686. The number of benzene rings is 1. The maximum Gasteiger partial charge on any atom is 0.243 e. The van der Waals surface area contributed by atoms with Crippen LogP contribution in [0.15, 0.2) is 29.3 Å². The number of amides is 8. The largest absolute Gasteiger partial charge is 0.384 e. The Balaban J connectivity index is 3.47. The molecule has 418 valence electrons. The average molecular weight is 1040 g/mol. The molecule has 8 amide bonds. The number of hydrogen-bond acceptors (Lipinski definition) is 12. The number of hydrogen-bond donors (Lipinski definition) is 14. The normalized spacial score (nSPS) is 14.1. The smallest absolute Gasteiger partial charge is 0.243 e. The van der Waals surface area contributed by atoms with Crippen molar-refractivity contribution in [2.75, 3.05) is 19.6 Å². The van der Waals surface area contributed by atoms with Gasteiger partial charge >= 0.3 is 0 Å². The van der Waals surface area contributed by atoms with Crippen LogP contribution in [-0.4, -0.2) is 121 Å². The predicted octanol–water partition coefficient (Wildman–Crippen LogP) is 0.106. The molecule has 0 aliphatic heterocycles. The standard InChI is InChI=1S/C51H91N15O8/c1-29(2)25-39(60-33(9)67)47(71)61-37(16-11-13-23-53)45(69)64-41(27-31(5)6)49(73)65-40(26-30(3)4)48(72)62-38(17-14-24-58-51(56)57)46(70)66-42(32(7)8)50(74)63-36(15-10-12-22-52)44(68)59-28-34-18-20-35(21-19-34)43(54)55/h18-21,29-32,36-42H,10-17,22-28,52-53H2,1-9H3,(H3,54,55)(H,59,68)(H,60,67)(H,61,71)(H,62,72)(H,63,74)(H,64,69)(H,65,73)(H,66,70)(H4,56,57,58)/t36-,37-,38-,39-,40-,41-,42-/m0/s1. The van der Waals surface area contributed by atoms with Crippen LogP contribution in [0, 0.1) is 29.1 Å². The van der Waals surface area contributed by atoms with Crippen molar-refractivity contribution in [1.29, 1.82) is 5.41 Å². The minimum absolute atomic E-state index is 0.0178. The first-order chi connectivity index (χ1) is 34.8. The van der Waals surface area contributed by atoms with Gasteiger partial charge in [-0.25, -0.2) is 0 Å². The molecule has 1 rings (SSSR count). The summed E-state index contributed by atoms with van der Waals surface area (Å²) in [4.78, 5) is 114. The zero-order valence-electron chi connectivity index (χ0n) is 45.4. The molecule has 0 radical (unpaired) electrons. The van der Waals surface area contributed by atoms with Crippen molar-refractivity contribution in [2.24, 2.45) is 57.3 Å². The highest BCUT2D eigenvalue weighted by Gasteiger charge is 2.35. The lowest BCUT2D eigenvalue weighted by atomic mass is 9.98. The summed E-state index contributed by atoms with van der Waals surface area (Å²) in [6.07, 6.45) is 3.51. The van der Waals surface area contributed by atoms with Crippen molar-refractivity contribution in [1.82, 2.24) is 42.5 Å². The van der Waals surface area contributed by atoms with Crippen molar-refractivity contribution < 1.29 is 38.4 Å². The Morgan fingerprint density at radius 1 is 0.500 bits per heavy atom. The van der Waals surface area contributed by atoms with E-state index in [0.29, 0.717) is 50.8 Å². The molecule has 0 unspecified atom stereocenters. The Morgan fingerprint density at radius 2 is 0.878 bits per heavy atom. The van der Waals surface area contributed by atoms with Gasteiger partial charge in [-0.15, -0.1) is 0 Å². The molecule has 74 heavy (non-hydrogen) atoms. The van der Waals surface area contributed by atoms with Crippen LogP contribution < -0.4 is 71.2 Å². The number of carbonyl (C=O) groups excluding carboxylic acids is 8. The van der Waals surface area contributed by atoms with Crippen LogP contribution in [0.1, 0.15) is 144 Å². The van der Waals surface area contributed by atoms with Gasteiger partial charge in [0.2, 0.25) is 47.3 Å². The zero-order chi connectivity index (χ0) is 56.1. The second-order valence-electron chi connectivity index (χ2n) is 20.5. The third-order valence-corrected chi connectivity index (χ3v) is 11.8. The van der Waals surface area contributed by atoms with Gasteiger partial charge in [0.25, 0.3) is 0 Å². The molecular weight excluding hydrogens is 951 g/mol. The molecular formula is C51H91N15O8.